The number of thiophene rings is 1. The van der Waals surface area contributed by atoms with Crippen molar-refractivity contribution in [3.8, 4) is 5.75 Å². The van der Waals surface area contributed by atoms with Crippen LogP contribution in [0.4, 0.5) is 10.7 Å². The molecule has 0 amide bonds. The van der Waals surface area contributed by atoms with Gasteiger partial charge in [0, 0.05) is 11.3 Å². The van der Waals surface area contributed by atoms with Crippen molar-refractivity contribution in [1.82, 2.24) is 9.78 Å². The van der Waals surface area contributed by atoms with Gasteiger partial charge in [-0.05, 0) is 55.4 Å². The van der Waals surface area contributed by atoms with Crippen LogP contribution in [0.5, 0.6) is 5.75 Å². The van der Waals surface area contributed by atoms with Crippen LogP contribution in [0, 0.1) is 13.8 Å². The van der Waals surface area contributed by atoms with Crippen LogP contribution in [0.2, 0.25) is 0 Å². The molecule has 2 N–H and O–H groups in total. The Labute approximate surface area is 220 Å². The van der Waals surface area contributed by atoms with Crippen LogP contribution in [0.1, 0.15) is 37.7 Å². The SMILES string of the molecule is COC(=O)c1cc(Cc2ccccc2)sc1NC(=S)Nc1c(C)nn(Cc2cccc(OC)c2)c1C. The van der Waals surface area contributed by atoms with Gasteiger partial charge in [0.25, 0.3) is 0 Å². The maximum Gasteiger partial charge on any atom is 0.340 e. The molecule has 0 aliphatic heterocycles. The Morgan fingerprint density at radius 3 is 2.50 bits per heavy atom. The summed E-state index contributed by atoms with van der Waals surface area (Å²) in [6, 6.07) is 19.9. The molecule has 0 saturated carbocycles. The lowest BCUT2D eigenvalue weighted by atomic mass is 10.1. The van der Waals surface area contributed by atoms with Gasteiger partial charge in [0.15, 0.2) is 5.11 Å². The van der Waals surface area contributed by atoms with E-state index in [1.54, 1.807) is 7.11 Å². The first kappa shape index (κ1) is 25.4. The maximum atomic E-state index is 12.4. The molecular formula is C27H28N4O3S2. The molecular weight excluding hydrogens is 492 g/mol. The second kappa shape index (κ2) is 11.4. The lowest BCUT2D eigenvalue weighted by Crippen LogP contribution is -2.20. The summed E-state index contributed by atoms with van der Waals surface area (Å²) in [5.41, 5.74) is 5.31. The molecule has 0 unspecified atom stereocenters. The number of thiocarbonyl (C=S) groups is 1. The van der Waals surface area contributed by atoms with E-state index in [4.69, 9.17) is 21.7 Å². The molecule has 0 aliphatic rings. The zero-order valence-corrected chi connectivity index (χ0v) is 22.3. The molecule has 2 heterocycles. The van der Waals surface area contributed by atoms with E-state index in [-0.39, 0.29) is 0 Å². The fourth-order valence-corrected chi connectivity index (χ4v) is 5.26. The highest BCUT2D eigenvalue weighted by Crippen LogP contribution is 2.31. The molecule has 186 valence electrons. The van der Waals surface area contributed by atoms with Crippen LogP contribution in [0.25, 0.3) is 0 Å². The highest BCUT2D eigenvalue weighted by molar-refractivity contribution is 7.80. The molecule has 36 heavy (non-hydrogen) atoms. The molecule has 2 aromatic heterocycles. The molecule has 0 radical (unpaired) electrons. The Morgan fingerprint density at radius 1 is 1.03 bits per heavy atom. The first-order valence-electron chi connectivity index (χ1n) is 11.4. The van der Waals surface area contributed by atoms with Crippen LogP contribution in [0.15, 0.2) is 60.7 Å². The zero-order valence-electron chi connectivity index (χ0n) is 20.6. The molecule has 0 aliphatic carbocycles. The van der Waals surface area contributed by atoms with Gasteiger partial charge in [0.2, 0.25) is 0 Å². The first-order chi connectivity index (χ1) is 17.4. The van der Waals surface area contributed by atoms with Gasteiger partial charge < -0.3 is 20.1 Å². The van der Waals surface area contributed by atoms with E-state index in [2.05, 4.69) is 27.9 Å². The molecule has 4 aromatic rings. The lowest BCUT2D eigenvalue weighted by molar-refractivity contribution is 0.0602. The summed E-state index contributed by atoms with van der Waals surface area (Å²) in [6.07, 6.45) is 0.715. The van der Waals surface area contributed by atoms with E-state index >= 15 is 0 Å². The number of rotatable bonds is 8. The van der Waals surface area contributed by atoms with Gasteiger partial charge >= 0.3 is 5.97 Å². The van der Waals surface area contributed by atoms with Crippen LogP contribution < -0.4 is 15.4 Å². The smallest absolute Gasteiger partial charge is 0.340 e. The monoisotopic (exact) mass is 520 g/mol. The first-order valence-corrected chi connectivity index (χ1v) is 12.6. The number of methoxy groups -OCH3 is 2. The zero-order chi connectivity index (χ0) is 25.7. The van der Waals surface area contributed by atoms with E-state index < -0.39 is 5.97 Å². The van der Waals surface area contributed by atoms with E-state index in [9.17, 15) is 4.79 Å². The number of esters is 1. The van der Waals surface area contributed by atoms with Crippen molar-refractivity contribution >= 4 is 45.3 Å². The number of ether oxygens (including phenoxy) is 2. The maximum absolute atomic E-state index is 12.4. The fourth-order valence-electron chi connectivity index (χ4n) is 3.90. The van der Waals surface area contributed by atoms with Crippen molar-refractivity contribution in [2.24, 2.45) is 0 Å². The Balaban J connectivity index is 1.50. The lowest BCUT2D eigenvalue weighted by Gasteiger charge is -2.11. The molecule has 9 heteroatoms. The number of benzene rings is 2. The quantitative estimate of drug-likeness (QED) is 0.224. The summed E-state index contributed by atoms with van der Waals surface area (Å²) in [7, 11) is 3.03. The second-order valence-electron chi connectivity index (χ2n) is 8.24. The van der Waals surface area contributed by atoms with E-state index in [1.807, 2.05) is 67.1 Å². The molecule has 0 bridgehead atoms. The van der Waals surface area contributed by atoms with E-state index in [0.29, 0.717) is 28.6 Å². The largest absolute Gasteiger partial charge is 0.497 e. The van der Waals surface area contributed by atoms with Gasteiger partial charge in [-0.25, -0.2) is 4.79 Å². The standard InChI is InChI=1S/C27H28N4O3S2/c1-17-24(18(2)31(30-17)16-20-11-8-12-21(13-20)33-3)28-27(35)29-25-23(26(32)34-4)15-22(36-25)14-19-9-6-5-7-10-19/h5-13,15H,14,16H2,1-4H3,(H2,28,29,35). The van der Waals surface area contributed by atoms with Gasteiger partial charge in [-0.3, -0.25) is 4.68 Å². The van der Waals surface area contributed by atoms with Crippen LogP contribution in [0.3, 0.4) is 0 Å². The van der Waals surface area contributed by atoms with Crippen LogP contribution in [-0.4, -0.2) is 35.1 Å². The summed E-state index contributed by atoms with van der Waals surface area (Å²) in [5.74, 6) is 0.399. The molecule has 7 nitrogen and oxygen atoms in total. The molecule has 4 rings (SSSR count). The number of carbonyl (C=O) groups excluding carboxylic acids is 1. The number of hydrogen-bond acceptors (Lipinski definition) is 6. The molecule has 0 fully saturated rings. The summed E-state index contributed by atoms with van der Waals surface area (Å²) in [5, 5.41) is 12.2. The van der Waals surface area contributed by atoms with Crippen LogP contribution >= 0.6 is 23.6 Å². The predicted molar refractivity (Wildman–Crippen MR) is 149 cm³/mol. The average molecular weight is 521 g/mol. The number of anilines is 2. The van der Waals surface area contributed by atoms with Crippen LogP contribution in [-0.2, 0) is 17.7 Å². The van der Waals surface area contributed by atoms with Gasteiger partial charge in [0.05, 0.1) is 43.4 Å². The molecule has 0 spiro atoms. The number of nitrogens with one attached hydrogen (secondary N) is 2. The minimum atomic E-state index is -0.408. The van der Waals surface area contributed by atoms with Crippen molar-refractivity contribution in [1.29, 1.82) is 0 Å². The Kier molecular flexibility index (Phi) is 8.02. The van der Waals surface area contributed by atoms with Gasteiger partial charge in [0.1, 0.15) is 10.8 Å². The summed E-state index contributed by atoms with van der Waals surface area (Å²) in [4.78, 5) is 13.5. The molecule has 2 aromatic carbocycles. The third kappa shape index (κ3) is 5.92. The van der Waals surface area contributed by atoms with Gasteiger partial charge in [-0.1, -0.05) is 42.5 Å². The number of nitrogens with zero attached hydrogens (tertiary/aromatic N) is 2. The van der Waals surface area contributed by atoms with Crippen molar-refractivity contribution < 1.29 is 14.3 Å². The summed E-state index contributed by atoms with van der Waals surface area (Å²) in [6.45, 7) is 4.53. The fraction of sp³-hybridized carbons (Fsp3) is 0.222. The Bertz CT molecular complexity index is 1380. The highest BCUT2D eigenvalue weighted by Gasteiger charge is 2.19. The number of carbonyl (C=O) groups is 1. The normalized spacial score (nSPS) is 10.7. The van der Waals surface area contributed by atoms with Crippen molar-refractivity contribution in [2.75, 3.05) is 24.9 Å². The van der Waals surface area contributed by atoms with Gasteiger partial charge in [-0.15, -0.1) is 11.3 Å². The Hall–Kier alpha value is -3.69. The average Bonchev–Trinajstić information content (AvgIpc) is 3.39. The number of hydrogen-bond donors (Lipinski definition) is 2. The van der Waals surface area contributed by atoms with E-state index in [1.165, 1.54) is 18.4 Å². The van der Waals surface area contributed by atoms with Crippen molar-refractivity contribution in [3.63, 3.8) is 0 Å². The minimum absolute atomic E-state index is 0.375. The third-order valence-corrected chi connectivity index (χ3v) is 6.98. The number of aromatic nitrogens is 2. The molecule has 0 atom stereocenters. The summed E-state index contributed by atoms with van der Waals surface area (Å²) >= 11 is 7.09. The molecule has 0 saturated heterocycles. The van der Waals surface area contributed by atoms with Crippen molar-refractivity contribution in [3.05, 3.63) is 93.6 Å². The Morgan fingerprint density at radius 2 is 1.78 bits per heavy atom. The third-order valence-electron chi connectivity index (χ3n) is 5.72. The van der Waals surface area contributed by atoms with E-state index in [0.717, 1.165) is 38.8 Å². The highest BCUT2D eigenvalue weighted by atomic mass is 32.1. The predicted octanol–water partition coefficient (Wildman–Crippen LogP) is 5.80. The summed E-state index contributed by atoms with van der Waals surface area (Å²) < 4.78 is 12.3. The number of aryl methyl sites for hydroxylation is 1. The minimum Gasteiger partial charge on any atom is -0.497 e. The second-order valence-corrected chi connectivity index (χ2v) is 9.79. The topological polar surface area (TPSA) is 77.4 Å². The van der Waals surface area contributed by atoms with Crippen molar-refractivity contribution in [2.45, 2.75) is 26.8 Å². The van der Waals surface area contributed by atoms with Gasteiger partial charge in [-0.2, -0.15) is 5.10 Å².